The predicted molar refractivity (Wildman–Crippen MR) is 67.1 cm³/mol. The van der Waals surface area contributed by atoms with Crippen LogP contribution in [0.15, 0.2) is 36.4 Å². The predicted octanol–water partition coefficient (Wildman–Crippen LogP) is 2.75. The smallest absolute Gasteiger partial charge is 0.330 e. The molecule has 0 fully saturated rings. The molecule has 0 saturated heterocycles. The standard InChI is InChI=1S/C14H18O3/c1-3-12-7-5-8-13(11-12)17-10-6-9-14(15)16-4-2/h5-9,11H,3-4,10H2,1-2H3/b9-6+. The van der Waals surface area contributed by atoms with Crippen LogP contribution in [0.2, 0.25) is 0 Å². The third kappa shape index (κ3) is 5.20. The molecule has 0 heterocycles. The molecule has 0 spiro atoms. The SMILES string of the molecule is CCOC(=O)/C=C/COc1cccc(CC)c1. The molecule has 3 nitrogen and oxygen atoms in total. The quantitative estimate of drug-likeness (QED) is 0.561. The maximum atomic E-state index is 11.0. The normalized spacial score (nSPS) is 10.5. The van der Waals surface area contributed by atoms with Crippen molar-refractivity contribution < 1.29 is 14.3 Å². The Morgan fingerprint density at radius 1 is 1.35 bits per heavy atom. The van der Waals surface area contributed by atoms with Gasteiger partial charge in [-0.15, -0.1) is 0 Å². The average Bonchev–Trinajstić information content (AvgIpc) is 2.35. The minimum Gasteiger partial charge on any atom is -0.490 e. The summed E-state index contributed by atoms with van der Waals surface area (Å²) >= 11 is 0. The Morgan fingerprint density at radius 3 is 2.88 bits per heavy atom. The Bertz CT molecular complexity index is 383. The van der Waals surface area contributed by atoms with E-state index in [0.717, 1.165) is 12.2 Å². The monoisotopic (exact) mass is 234 g/mol. The minimum absolute atomic E-state index is 0.335. The Hall–Kier alpha value is -1.77. The van der Waals surface area contributed by atoms with E-state index in [4.69, 9.17) is 9.47 Å². The van der Waals surface area contributed by atoms with Gasteiger partial charge in [0.15, 0.2) is 0 Å². The van der Waals surface area contributed by atoms with Crippen molar-refractivity contribution in [1.29, 1.82) is 0 Å². The molecule has 1 aromatic carbocycles. The first-order chi connectivity index (χ1) is 8.26. The van der Waals surface area contributed by atoms with Crippen LogP contribution < -0.4 is 4.74 Å². The summed E-state index contributed by atoms with van der Waals surface area (Å²) in [6.45, 7) is 4.63. The highest BCUT2D eigenvalue weighted by Crippen LogP contribution is 2.13. The summed E-state index contributed by atoms with van der Waals surface area (Å²) in [5.41, 5.74) is 1.23. The number of carbonyl (C=O) groups excluding carboxylic acids is 1. The highest BCUT2D eigenvalue weighted by atomic mass is 16.5. The van der Waals surface area contributed by atoms with Crippen LogP contribution in [0.1, 0.15) is 19.4 Å². The third-order valence-electron chi connectivity index (χ3n) is 2.19. The van der Waals surface area contributed by atoms with Crippen LogP contribution >= 0.6 is 0 Å². The molecular formula is C14H18O3. The van der Waals surface area contributed by atoms with Crippen molar-refractivity contribution in [2.75, 3.05) is 13.2 Å². The van der Waals surface area contributed by atoms with Crippen molar-refractivity contribution in [3.63, 3.8) is 0 Å². The second-order valence-electron chi connectivity index (χ2n) is 3.47. The van der Waals surface area contributed by atoms with Gasteiger partial charge in [0.1, 0.15) is 12.4 Å². The molecule has 0 aliphatic rings. The van der Waals surface area contributed by atoms with Crippen molar-refractivity contribution >= 4 is 5.97 Å². The van der Waals surface area contributed by atoms with Gasteiger partial charge in [0.25, 0.3) is 0 Å². The zero-order chi connectivity index (χ0) is 12.5. The van der Waals surface area contributed by atoms with E-state index in [1.165, 1.54) is 11.6 Å². The fourth-order valence-electron chi connectivity index (χ4n) is 1.33. The summed E-state index contributed by atoms with van der Waals surface area (Å²) in [5.74, 6) is 0.483. The first-order valence-corrected chi connectivity index (χ1v) is 5.81. The van der Waals surface area contributed by atoms with Crippen LogP contribution in [0.3, 0.4) is 0 Å². The first kappa shape index (κ1) is 13.3. The van der Waals surface area contributed by atoms with E-state index in [-0.39, 0.29) is 5.97 Å². The molecule has 0 saturated carbocycles. The lowest BCUT2D eigenvalue weighted by Gasteiger charge is -2.04. The van der Waals surface area contributed by atoms with Gasteiger partial charge in [-0.1, -0.05) is 19.1 Å². The molecular weight excluding hydrogens is 216 g/mol. The summed E-state index contributed by atoms with van der Waals surface area (Å²) in [6.07, 6.45) is 4.01. The lowest BCUT2D eigenvalue weighted by molar-refractivity contribution is -0.137. The number of hydrogen-bond donors (Lipinski definition) is 0. The molecule has 3 heteroatoms. The van der Waals surface area contributed by atoms with Gasteiger partial charge in [-0.2, -0.15) is 0 Å². The van der Waals surface area contributed by atoms with E-state index >= 15 is 0 Å². The van der Waals surface area contributed by atoms with E-state index in [0.29, 0.717) is 13.2 Å². The van der Waals surface area contributed by atoms with Crippen molar-refractivity contribution in [2.24, 2.45) is 0 Å². The topological polar surface area (TPSA) is 35.5 Å². The highest BCUT2D eigenvalue weighted by Gasteiger charge is 1.95. The number of aryl methyl sites for hydroxylation is 1. The number of rotatable bonds is 6. The van der Waals surface area contributed by atoms with E-state index in [1.54, 1.807) is 13.0 Å². The Balaban J connectivity index is 2.37. The van der Waals surface area contributed by atoms with Gasteiger partial charge in [0, 0.05) is 6.08 Å². The Labute approximate surface area is 102 Å². The van der Waals surface area contributed by atoms with Crippen molar-refractivity contribution in [2.45, 2.75) is 20.3 Å². The third-order valence-corrected chi connectivity index (χ3v) is 2.19. The van der Waals surface area contributed by atoms with Gasteiger partial charge in [-0.05, 0) is 37.1 Å². The summed E-state index contributed by atoms with van der Waals surface area (Å²) < 4.78 is 10.2. The van der Waals surface area contributed by atoms with Crippen LogP contribution in [0.4, 0.5) is 0 Å². The van der Waals surface area contributed by atoms with Gasteiger partial charge in [0.05, 0.1) is 6.61 Å². The first-order valence-electron chi connectivity index (χ1n) is 5.81. The van der Waals surface area contributed by atoms with Crippen LogP contribution in [-0.2, 0) is 16.0 Å². The van der Waals surface area contributed by atoms with Gasteiger partial charge >= 0.3 is 5.97 Å². The number of benzene rings is 1. The second kappa shape index (κ2) is 7.49. The Kier molecular flexibility index (Phi) is 5.86. The molecule has 92 valence electrons. The lowest BCUT2D eigenvalue weighted by Crippen LogP contribution is -2.01. The fourth-order valence-corrected chi connectivity index (χ4v) is 1.33. The molecule has 0 atom stereocenters. The second-order valence-corrected chi connectivity index (χ2v) is 3.47. The molecule has 0 aliphatic carbocycles. The largest absolute Gasteiger partial charge is 0.490 e. The number of ether oxygens (including phenoxy) is 2. The van der Waals surface area contributed by atoms with Gasteiger partial charge < -0.3 is 9.47 Å². The van der Waals surface area contributed by atoms with Crippen molar-refractivity contribution in [3.8, 4) is 5.75 Å². The average molecular weight is 234 g/mol. The lowest BCUT2D eigenvalue weighted by atomic mass is 10.2. The van der Waals surface area contributed by atoms with E-state index in [9.17, 15) is 4.79 Å². The van der Waals surface area contributed by atoms with Crippen LogP contribution in [-0.4, -0.2) is 19.2 Å². The maximum Gasteiger partial charge on any atom is 0.330 e. The molecule has 0 bridgehead atoms. The van der Waals surface area contributed by atoms with Crippen LogP contribution in [0.5, 0.6) is 5.75 Å². The molecule has 0 aliphatic heterocycles. The zero-order valence-corrected chi connectivity index (χ0v) is 10.3. The molecule has 1 rings (SSSR count). The maximum absolute atomic E-state index is 11.0. The van der Waals surface area contributed by atoms with E-state index in [2.05, 4.69) is 13.0 Å². The summed E-state index contributed by atoms with van der Waals surface area (Å²) in [6, 6.07) is 7.92. The van der Waals surface area contributed by atoms with Crippen molar-refractivity contribution in [3.05, 3.63) is 42.0 Å². The van der Waals surface area contributed by atoms with E-state index < -0.39 is 0 Å². The van der Waals surface area contributed by atoms with E-state index in [1.807, 2.05) is 18.2 Å². The fraction of sp³-hybridized carbons (Fsp3) is 0.357. The summed E-state index contributed by atoms with van der Waals surface area (Å²) in [5, 5.41) is 0. The molecule has 1 aromatic rings. The number of carbonyl (C=O) groups is 1. The summed E-state index contributed by atoms with van der Waals surface area (Å²) in [4.78, 5) is 11.0. The van der Waals surface area contributed by atoms with Gasteiger partial charge in [-0.25, -0.2) is 4.79 Å². The Morgan fingerprint density at radius 2 is 2.18 bits per heavy atom. The van der Waals surface area contributed by atoms with Gasteiger partial charge in [-0.3, -0.25) is 0 Å². The van der Waals surface area contributed by atoms with Crippen LogP contribution in [0.25, 0.3) is 0 Å². The molecule has 0 N–H and O–H groups in total. The molecule has 0 aromatic heterocycles. The molecule has 0 amide bonds. The molecule has 0 unspecified atom stereocenters. The highest BCUT2D eigenvalue weighted by molar-refractivity contribution is 5.81. The van der Waals surface area contributed by atoms with Gasteiger partial charge in [0.2, 0.25) is 0 Å². The molecule has 0 radical (unpaired) electrons. The molecule has 17 heavy (non-hydrogen) atoms. The zero-order valence-electron chi connectivity index (χ0n) is 10.3. The minimum atomic E-state index is -0.335. The number of hydrogen-bond acceptors (Lipinski definition) is 3. The summed E-state index contributed by atoms with van der Waals surface area (Å²) in [7, 11) is 0. The van der Waals surface area contributed by atoms with Crippen molar-refractivity contribution in [1.82, 2.24) is 0 Å². The van der Waals surface area contributed by atoms with Crippen LogP contribution in [0, 0.1) is 0 Å². The number of esters is 1.